The van der Waals surface area contributed by atoms with Crippen LogP contribution >= 0.6 is 0 Å². The molecule has 0 aromatic heterocycles. The number of nitrogens with one attached hydrogen (secondary N) is 2. The molecule has 3 amide bonds. The van der Waals surface area contributed by atoms with Crippen molar-refractivity contribution in [1.29, 1.82) is 0 Å². The Kier molecular flexibility index (Phi) is 8.41. The summed E-state index contributed by atoms with van der Waals surface area (Å²) < 4.78 is 5.50. The summed E-state index contributed by atoms with van der Waals surface area (Å²) >= 11 is 0. The number of anilines is 1. The Morgan fingerprint density at radius 3 is 2.17 bits per heavy atom. The Hall–Kier alpha value is -3.39. The van der Waals surface area contributed by atoms with E-state index in [2.05, 4.69) is 27.7 Å². The topological polar surface area (TPSA) is 91.0 Å². The molecule has 1 aliphatic carbocycles. The third kappa shape index (κ3) is 6.43. The number of nitrogens with zero attached hydrogens (tertiary/aromatic N) is 2. The van der Waals surface area contributed by atoms with Crippen LogP contribution < -0.4 is 15.5 Å². The van der Waals surface area contributed by atoms with Crippen molar-refractivity contribution < 1.29 is 19.1 Å². The Balaban J connectivity index is 1.52. The second-order valence-electron chi connectivity index (χ2n) is 13.1. The van der Waals surface area contributed by atoms with E-state index in [-0.39, 0.29) is 29.6 Å². The Morgan fingerprint density at radius 1 is 1.00 bits per heavy atom. The molecule has 41 heavy (non-hydrogen) atoms. The van der Waals surface area contributed by atoms with Gasteiger partial charge >= 0.3 is 0 Å². The Morgan fingerprint density at radius 2 is 1.61 bits per heavy atom. The van der Waals surface area contributed by atoms with Gasteiger partial charge in [-0.05, 0) is 80.7 Å². The number of benzene rings is 2. The predicted octanol–water partition coefficient (Wildman–Crippen LogP) is 3.64. The predicted molar refractivity (Wildman–Crippen MR) is 159 cm³/mol. The summed E-state index contributed by atoms with van der Waals surface area (Å²) in [4.78, 5) is 46.2. The van der Waals surface area contributed by atoms with Gasteiger partial charge < -0.3 is 25.2 Å². The number of fused-ring (bicyclic) bond motifs is 1. The van der Waals surface area contributed by atoms with E-state index in [0.717, 1.165) is 31.6 Å². The SMILES string of the molecule is CC(C)CC1C(=O)NC(C2Cc3ccccc3C2)C(=O)N1C(C(=O)NC(C)(C)C)c1ccc(N2CCOCC2)cc1. The van der Waals surface area contributed by atoms with Crippen molar-refractivity contribution in [3.05, 3.63) is 65.2 Å². The minimum atomic E-state index is -0.929. The smallest absolute Gasteiger partial charge is 0.247 e. The maximum absolute atomic E-state index is 14.5. The average Bonchev–Trinajstić information content (AvgIpc) is 3.36. The van der Waals surface area contributed by atoms with Gasteiger partial charge in [-0.25, -0.2) is 0 Å². The van der Waals surface area contributed by atoms with Crippen molar-refractivity contribution in [1.82, 2.24) is 15.5 Å². The van der Waals surface area contributed by atoms with Crippen molar-refractivity contribution in [3.63, 3.8) is 0 Å². The highest BCUT2D eigenvalue weighted by Crippen LogP contribution is 2.36. The molecule has 2 aliphatic heterocycles. The third-order valence-corrected chi connectivity index (χ3v) is 8.32. The molecule has 8 nitrogen and oxygen atoms in total. The van der Waals surface area contributed by atoms with Crippen LogP contribution in [-0.2, 0) is 32.0 Å². The van der Waals surface area contributed by atoms with Crippen molar-refractivity contribution in [2.24, 2.45) is 11.8 Å². The minimum absolute atomic E-state index is 0.0543. The van der Waals surface area contributed by atoms with E-state index < -0.39 is 23.7 Å². The molecule has 5 rings (SSSR count). The number of hydrogen-bond acceptors (Lipinski definition) is 5. The largest absolute Gasteiger partial charge is 0.378 e. The number of piperazine rings is 1. The minimum Gasteiger partial charge on any atom is -0.378 e. The Bertz CT molecular complexity index is 1240. The molecule has 2 aromatic carbocycles. The number of rotatable bonds is 7. The molecular formula is C33H44N4O4. The van der Waals surface area contributed by atoms with Gasteiger partial charge in [-0.2, -0.15) is 0 Å². The van der Waals surface area contributed by atoms with Gasteiger partial charge in [0.2, 0.25) is 17.7 Å². The van der Waals surface area contributed by atoms with Gasteiger partial charge in [0.25, 0.3) is 0 Å². The fourth-order valence-corrected chi connectivity index (χ4v) is 6.44. The lowest BCUT2D eigenvalue weighted by Gasteiger charge is -2.45. The fourth-order valence-electron chi connectivity index (χ4n) is 6.44. The number of carbonyl (C=O) groups excluding carboxylic acids is 3. The molecule has 8 heteroatoms. The zero-order chi connectivity index (χ0) is 29.3. The van der Waals surface area contributed by atoms with E-state index in [4.69, 9.17) is 4.74 Å². The normalized spacial score (nSPS) is 22.5. The van der Waals surface area contributed by atoms with Crippen molar-refractivity contribution in [2.75, 3.05) is 31.2 Å². The lowest BCUT2D eigenvalue weighted by Crippen LogP contribution is -2.67. The van der Waals surface area contributed by atoms with Gasteiger partial charge in [-0.3, -0.25) is 14.4 Å². The van der Waals surface area contributed by atoms with Gasteiger partial charge in [0.1, 0.15) is 18.1 Å². The van der Waals surface area contributed by atoms with Crippen molar-refractivity contribution >= 4 is 23.4 Å². The highest BCUT2D eigenvalue weighted by Gasteiger charge is 2.49. The van der Waals surface area contributed by atoms with Crippen molar-refractivity contribution in [3.8, 4) is 0 Å². The highest BCUT2D eigenvalue weighted by molar-refractivity contribution is 6.00. The van der Waals surface area contributed by atoms with Gasteiger partial charge in [0, 0.05) is 24.3 Å². The highest BCUT2D eigenvalue weighted by atomic mass is 16.5. The van der Waals surface area contributed by atoms with Crippen LogP contribution in [0.4, 0.5) is 5.69 Å². The molecular weight excluding hydrogens is 516 g/mol. The molecule has 0 spiro atoms. The van der Waals surface area contributed by atoms with E-state index in [1.165, 1.54) is 11.1 Å². The first-order valence-electron chi connectivity index (χ1n) is 15.0. The van der Waals surface area contributed by atoms with Crippen molar-refractivity contribution in [2.45, 2.75) is 77.5 Å². The van der Waals surface area contributed by atoms with Crippen LogP contribution in [0.5, 0.6) is 0 Å². The van der Waals surface area contributed by atoms with Gasteiger partial charge in [0.05, 0.1) is 13.2 Å². The number of carbonyl (C=O) groups is 3. The molecule has 2 saturated heterocycles. The molecule has 2 heterocycles. The zero-order valence-electron chi connectivity index (χ0n) is 25.0. The maximum atomic E-state index is 14.5. The van der Waals surface area contributed by atoms with Crippen LogP contribution in [0, 0.1) is 11.8 Å². The first-order valence-corrected chi connectivity index (χ1v) is 15.0. The molecule has 0 saturated carbocycles. The quantitative estimate of drug-likeness (QED) is 0.540. The molecule has 0 bridgehead atoms. The maximum Gasteiger partial charge on any atom is 0.247 e. The van der Waals surface area contributed by atoms with Gasteiger partial charge in [-0.15, -0.1) is 0 Å². The summed E-state index contributed by atoms with van der Waals surface area (Å²) in [5, 5.41) is 6.20. The molecule has 3 atom stereocenters. The lowest BCUT2D eigenvalue weighted by atomic mass is 9.87. The van der Waals surface area contributed by atoms with Crippen LogP contribution in [0.15, 0.2) is 48.5 Å². The van der Waals surface area contributed by atoms with E-state index >= 15 is 0 Å². The monoisotopic (exact) mass is 560 g/mol. The standard InChI is InChI=1S/C33H44N4O4/c1-21(2)18-27-30(38)34-28(25-19-23-8-6-7-9-24(23)20-25)32(40)37(27)29(31(39)35-33(3,4)5)22-10-12-26(13-11-22)36-14-16-41-17-15-36/h6-13,21,25,27-29H,14-20H2,1-5H3,(H,34,38)(H,35,39). The first-order chi connectivity index (χ1) is 19.5. The lowest BCUT2D eigenvalue weighted by molar-refractivity contribution is -0.158. The summed E-state index contributed by atoms with van der Waals surface area (Å²) in [6.07, 6.45) is 1.92. The number of morpholine rings is 1. The van der Waals surface area contributed by atoms with Crippen LogP contribution in [0.3, 0.4) is 0 Å². The Labute approximate surface area is 243 Å². The van der Waals surface area contributed by atoms with E-state index in [1.807, 2.05) is 71.0 Å². The molecule has 2 N–H and O–H groups in total. The molecule has 2 fully saturated rings. The van der Waals surface area contributed by atoms with Gasteiger partial charge in [0.15, 0.2) is 0 Å². The van der Waals surface area contributed by atoms with E-state index in [1.54, 1.807) is 4.90 Å². The summed E-state index contributed by atoms with van der Waals surface area (Å²) in [5.41, 5.74) is 3.68. The summed E-state index contributed by atoms with van der Waals surface area (Å²) in [6, 6.07) is 13.8. The second-order valence-corrected chi connectivity index (χ2v) is 13.1. The van der Waals surface area contributed by atoms with Crippen LogP contribution in [0.2, 0.25) is 0 Å². The molecule has 3 unspecified atom stereocenters. The zero-order valence-corrected chi connectivity index (χ0v) is 25.0. The number of ether oxygens (including phenoxy) is 1. The number of hydrogen-bond donors (Lipinski definition) is 2. The molecule has 2 aromatic rings. The molecule has 220 valence electrons. The third-order valence-electron chi connectivity index (χ3n) is 8.32. The van der Waals surface area contributed by atoms with Crippen LogP contribution in [-0.4, -0.2) is 66.5 Å². The summed E-state index contributed by atoms with van der Waals surface area (Å²) in [7, 11) is 0. The summed E-state index contributed by atoms with van der Waals surface area (Å²) in [5.74, 6) is -0.538. The molecule has 3 aliphatic rings. The second kappa shape index (κ2) is 11.8. The average molecular weight is 561 g/mol. The van der Waals surface area contributed by atoms with E-state index in [9.17, 15) is 14.4 Å². The van der Waals surface area contributed by atoms with E-state index in [0.29, 0.717) is 25.2 Å². The summed E-state index contributed by atoms with van der Waals surface area (Å²) in [6.45, 7) is 12.8. The van der Waals surface area contributed by atoms with Gasteiger partial charge in [-0.1, -0.05) is 50.2 Å². The molecule has 0 radical (unpaired) electrons. The fraction of sp³-hybridized carbons (Fsp3) is 0.545. The number of amides is 3. The first kappa shape index (κ1) is 29.1. The van der Waals surface area contributed by atoms with Crippen LogP contribution in [0.25, 0.3) is 0 Å². The van der Waals surface area contributed by atoms with Crippen LogP contribution in [0.1, 0.15) is 63.8 Å².